The van der Waals surface area contributed by atoms with E-state index in [0.717, 1.165) is 18.5 Å². The van der Waals surface area contributed by atoms with Gasteiger partial charge in [0, 0.05) is 24.6 Å². The van der Waals surface area contributed by atoms with Gasteiger partial charge < -0.3 is 29.8 Å². The standard InChI is InChI=1S/C29H38N4O5/c1-19(16-29(2,3)36)31-22-15-23-24(32-27(34)21-12-14-38-18-21)25(28(35)37-4)33(26(23)30-17-22)13-8-11-20-9-6-5-7-10-20/h5-7,9-10,15,17,19,21,31,36H,8,11-14,16,18H2,1-4H3,(H,32,34)/t19-,21-/m0/s1. The molecule has 38 heavy (non-hydrogen) atoms. The summed E-state index contributed by atoms with van der Waals surface area (Å²) in [6.45, 7) is 6.94. The molecule has 1 amide bonds. The van der Waals surface area contributed by atoms with Crippen molar-refractivity contribution < 1.29 is 24.2 Å². The Morgan fingerprint density at radius 3 is 2.71 bits per heavy atom. The first-order valence-electron chi connectivity index (χ1n) is 13.2. The number of amides is 1. The first kappa shape index (κ1) is 27.6. The van der Waals surface area contributed by atoms with Crippen molar-refractivity contribution in [3.8, 4) is 0 Å². The summed E-state index contributed by atoms with van der Waals surface area (Å²) in [4.78, 5) is 30.9. The molecule has 0 saturated carbocycles. The molecule has 9 nitrogen and oxygen atoms in total. The van der Waals surface area contributed by atoms with Crippen LogP contribution in [0.15, 0.2) is 42.6 Å². The third kappa shape index (κ3) is 6.71. The number of aromatic nitrogens is 2. The highest BCUT2D eigenvalue weighted by Gasteiger charge is 2.30. The zero-order valence-corrected chi connectivity index (χ0v) is 22.6. The van der Waals surface area contributed by atoms with Gasteiger partial charge in [0.05, 0.1) is 42.8 Å². The van der Waals surface area contributed by atoms with E-state index in [1.165, 1.54) is 12.7 Å². The number of nitrogens with one attached hydrogen (secondary N) is 2. The quantitative estimate of drug-likeness (QED) is 0.320. The average Bonchev–Trinajstić information content (AvgIpc) is 3.51. The van der Waals surface area contributed by atoms with Crippen molar-refractivity contribution in [2.24, 2.45) is 5.92 Å². The summed E-state index contributed by atoms with van der Waals surface area (Å²) in [7, 11) is 1.34. The minimum absolute atomic E-state index is 0.0315. The molecule has 3 heterocycles. The summed E-state index contributed by atoms with van der Waals surface area (Å²) in [5.74, 6) is -1.01. The minimum Gasteiger partial charge on any atom is -0.464 e. The van der Waals surface area contributed by atoms with Crippen LogP contribution in [0.3, 0.4) is 0 Å². The fourth-order valence-electron chi connectivity index (χ4n) is 5.09. The number of pyridine rings is 1. The second-order valence-electron chi connectivity index (χ2n) is 10.7. The Morgan fingerprint density at radius 2 is 2.05 bits per heavy atom. The Bertz CT molecular complexity index is 1260. The van der Waals surface area contributed by atoms with E-state index in [4.69, 9.17) is 14.5 Å². The van der Waals surface area contributed by atoms with E-state index < -0.39 is 11.6 Å². The maximum Gasteiger partial charge on any atom is 0.356 e. The first-order valence-corrected chi connectivity index (χ1v) is 13.2. The van der Waals surface area contributed by atoms with E-state index in [1.54, 1.807) is 20.0 Å². The van der Waals surface area contributed by atoms with Crippen LogP contribution in [-0.2, 0) is 27.2 Å². The number of rotatable bonds is 11. The number of methoxy groups -OCH3 is 1. The summed E-state index contributed by atoms with van der Waals surface area (Å²) in [6, 6.07) is 12.0. The first-order chi connectivity index (χ1) is 18.2. The minimum atomic E-state index is -0.827. The molecule has 2 aromatic heterocycles. The summed E-state index contributed by atoms with van der Waals surface area (Å²) >= 11 is 0. The van der Waals surface area contributed by atoms with Gasteiger partial charge >= 0.3 is 5.97 Å². The third-order valence-corrected chi connectivity index (χ3v) is 6.73. The van der Waals surface area contributed by atoms with Crippen LogP contribution in [0.4, 0.5) is 11.4 Å². The lowest BCUT2D eigenvalue weighted by molar-refractivity contribution is -0.119. The molecule has 4 rings (SSSR count). The van der Waals surface area contributed by atoms with Crippen LogP contribution >= 0.6 is 0 Å². The molecule has 1 aromatic carbocycles. The van der Waals surface area contributed by atoms with Gasteiger partial charge in [-0.25, -0.2) is 9.78 Å². The summed E-state index contributed by atoms with van der Waals surface area (Å²) in [6.07, 6.45) is 4.48. The Kier molecular flexibility index (Phi) is 8.69. The van der Waals surface area contributed by atoms with E-state index >= 15 is 0 Å². The number of anilines is 2. The number of hydrogen-bond acceptors (Lipinski definition) is 7. The molecule has 0 aliphatic carbocycles. The molecule has 0 bridgehead atoms. The number of carbonyl (C=O) groups is 2. The topological polar surface area (TPSA) is 115 Å². The van der Waals surface area contributed by atoms with Crippen LogP contribution in [0.5, 0.6) is 0 Å². The van der Waals surface area contributed by atoms with Crippen molar-refractivity contribution in [3.05, 3.63) is 53.9 Å². The molecule has 3 aromatic rings. The van der Waals surface area contributed by atoms with Crippen LogP contribution in [0.25, 0.3) is 11.0 Å². The lowest BCUT2D eigenvalue weighted by Crippen LogP contribution is -2.29. The van der Waals surface area contributed by atoms with Crippen molar-refractivity contribution in [1.82, 2.24) is 9.55 Å². The van der Waals surface area contributed by atoms with Gasteiger partial charge in [0.1, 0.15) is 5.65 Å². The maximum atomic E-state index is 13.1. The van der Waals surface area contributed by atoms with Crippen LogP contribution in [-0.4, -0.2) is 58.5 Å². The van der Waals surface area contributed by atoms with Gasteiger partial charge in [-0.15, -0.1) is 0 Å². The largest absolute Gasteiger partial charge is 0.464 e. The molecule has 1 aliphatic heterocycles. The van der Waals surface area contributed by atoms with E-state index in [0.29, 0.717) is 49.3 Å². The number of fused-ring (bicyclic) bond motifs is 1. The van der Waals surface area contributed by atoms with Crippen LogP contribution < -0.4 is 10.6 Å². The molecule has 1 aliphatic rings. The summed E-state index contributed by atoms with van der Waals surface area (Å²) in [5, 5.41) is 17.3. The van der Waals surface area contributed by atoms with Crippen LogP contribution in [0, 0.1) is 5.92 Å². The molecule has 0 radical (unpaired) electrons. The summed E-state index contributed by atoms with van der Waals surface area (Å²) in [5.41, 5.74) is 2.38. The van der Waals surface area contributed by atoms with Crippen molar-refractivity contribution in [1.29, 1.82) is 0 Å². The zero-order chi connectivity index (χ0) is 27.3. The predicted octanol–water partition coefficient (Wildman–Crippen LogP) is 4.39. The second-order valence-corrected chi connectivity index (χ2v) is 10.7. The zero-order valence-electron chi connectivity index (χ0n) is 22.6. The van der Waals surface area contributed by atoms with Crippen molar-refractivity contribution in [2.45, 2.75) is 64.6 Å². The molecule has 0 unspecified atom stereocenters. The Morgan fingerprint density at radius 1 is 1.29 bits per heavy atom. The summed E-state index contributed by atoms with van der Waals surface area (Å²) < 4.78 is 12.4. The molecule has 9 heteroatoms. The highest BCUT2D eigenvalue weighted by atomic mass is 16.5. The number of ether oxygens (including phenoxy) is 2. The second kappa shape index (κ2) is 12.0. The molecule has 0 spiro atoms. The number of carbonyl (C=O) groups excluding carboxylic acids is 2. The number of hydrogen-bond donors (Lipinski definition) is 3. The Balaban J connectivity index is 1.72. The third-order valence-electron chi connectivity index (χ3n) is 6.73. The van der Waals surface area contributed by atoms with Crippen molar-refractivity contribution in [3.63, 3.8) is 0 Å². The smallest absolute Gasteiger partial charge is 0.356 e. The van der Waals surface area contributed by atoms with Crippen LogP contribution in [0.1, 0.15) is 56.1 Å². The van der Waals surface area contributed by atoms with Gasteiger partial charge in [-0.2, -0.15) is 0 Å². The number of aryl methyl sites for hydroxylation is 2. The number of nitrogens with zero attached hydrogens (tertiary/aromatic N) is 2. The molecule has 2 atom stereocenters. The van der Waals surface area contributed by atoms with E-state index in [2.05, 4.69) is 22.8 Å². The molecule has 1 fully saturated rings. The van der Waals surface area contributed by atoms with Crippen molar-refractivity contribution in [2.75, 3.05) is 31.0 Å². The average molecular weight is 523 g/mol. The van der Waals surface area contributed by atoms with Gasteiger partial charge in [-0.05, 0) is 58.1 Å². The SMILES string of the molecule is COC(=O)c1c(NC(=O)[C@H]2CCOC2)c2cc(N[C@@H](C)CC(C)(C)O)cnc2n1CCCc1ccccc1. The van der Waals surface area contributed by atoms with E-state index in [9.17, 15) is 14.7 Å². The van der Waals surface area contributed by atoms with Crippen molar-refractivity contribution >= 4 is 34.3 Å². The fourth-order valence-corrected chi connectivity index (χ4v) is 5.09. The molecule has 204 valence electrons. The van der Waals surface area contributed by atoms with E-state index in [-0.39, 0.29) is 23.6 Å². The fraction of sp³-hybridized carbons (Fsp3) is 0.483. The van der Waals surface area contributed by atoms with E-state index in [1.807, 2.05) is 35.8 Å². The van der Waals surface area contributed by atoms with Gasteiger partial charge in [0.15, 0.2) is 5.69 Å². The number of esters is 1. The monoisotopic (exact) mass is 522 g/mol. The molecule has 3 N–H and O–H groups in total. The molecular weight excluding hydrogens is 484 g/mol. The predicted molar refractivity (Wildman–Crippen MR) is 147 cm³/mol. The number of aliphatic hydroxyl groups is 1. The Labute approximate surface area is 223 Å². The van der Waals surface area contributed by atoms with Gasteiger partial charge in [0.25, 0.3) is 0 Å². The van der Waals surface area contributed by atoms with Gasteiger partial charge in [-0.1, -0.05) is 30.3 Å². The number of benzene rings is 1. The van der Waals surface area contributed by atoms with Crippen LogP contribution in [0.2, 0.25) is 0 Å². The normalized spacial score (nSPS) is 16.4. The highest BCUT2D eigenvalue weighted by molar-refractivity contribution is 6.11. The van der Waals surface area contributed by atoms with Gasteiger partial charge in [0.2, 0.25) is 5.91 Å². The molecular formula is C29H38N4O5. The lowest BCUT2D eigenvalue weighted by atomic mass is 10.0. The maximum absolute atomic E-state index is 13.1. The highest BCUT2D eigenvalue weighted by Crippen LogP contribution is 2.34. The Hall–Kier alpha value is -3.43. The lowest BCUT2D eigenvalue weighted by Gasteiger charge is -2.23. The van der Waals surface area contributed by atoms with Gasteiger partial charge in [-0.3, -0.25) is 4.79 Å². The molecule has 1 saturated heterocycles.